The third-order valence-corrected chi connectivity index (χ3v) is 4.02. The molecule has 1 saturated heterocycles. The number of piperidine rings is 1. The second-order valence-corrected chi connectivity index (χ2v) is 5.56. The Balaban J connectivity index is 1.52. The summed E-state index contributed by atoms with van der Waals surface area (Å²) in [6, 6.07) is 0. The predicted molar refractivity (Wildman–Crippen MR) is 72.1 cm³/mol. The summed E-state index contributed by atoms with van der Waals surface area (Å²) < 4.78 is 5.41. The first kappa shape index (κ1) is 13.6. The maximum Gasteiger partial charge on any atom is 0.216 e. The van der Waals surface area contributed by atoms with Gasteiger partial charge in [0.1, 0.15) is 6.61 Å². The van der Waals surface area contributed by atoms with Crippen molar-refractivity contribution in [3.05, 3.63) is 16.6 Å². The van der Waals surface area contributed by atoms with Gasteiger partial charge in [-0.3, -0.25) is 4.79 Å². The molecule has 0 spiro atoms. The van der Waals surface area contributed by atoms with Gasteiger partial charge in [-0.1, -0.05) is 0 Å². The number of carbonyl (C=O) groups excluding carboxylic acids is 1. The first-order valence-electron chi connectivity index (χ1n) is 6.57. The van der Waals surface area contributed by atoms with E-state index in [4.69, 9.17) is 4.74 Å². The molecule has 2 heterocycles. The van der Waals surface area contributed by atoms with Crippen molar-refractivity contribution in [1.29, 1.82) is 0 Å². The van der Waals surface area contributed by atoms with Crippen LogP contribution in [0, 0.1) is 5.92 Å². The lowest BCUT2D eigenvalue weighted by molar-refractivity contribution is 0.0745. The van der Waals surface area contributed by atoms with Gasteiger partial charge < -0.3 is 10.1 Å². The van der Waals surface area contributed by atoms with E-state index in [1.54, 1.807) is 6.20 Å². The van der Waals surface area contributed by atoms with E-state index in [2.05, 4.69) is 10.3 Å². The number of ether oxygens (including phenoxy) is 1. The normalized spacial score (nSPS) is 19.9. The molecule has 1 aromatic heterocycles. The molecule has 0 bridgehead atoms. The van der Waals surface area contributed by atoms with Gasteiger partial charge in [0.2, 0.25) is 5.78 Å². The maximum absolute atomic E-state index is 11.6. The van der Waals surface area contributed by atoms with Crippen LogP contribution in [0.15, 0.2) is 11.6 Å². The minimum Gasteiger partial charge on any atom is -0.373 e. The third-order valence-electron chi connectivity index (χ3n) is 3.20. The van der Waals surface area contributed by atoms with Crippen molar-refractivity contribution < 1.29 is 9.53 Å². The Bertz CT molecular complexity index is 348. The highest BCUT2D eigenvalue weighted by molar-refractivity contribution is 7.11. The van der Waals surface area contributed by atoms with Gasteiger partial charge in [-0.2, -0.15) is 0 Å². The minimum absolute atomic E-state index is 0.00988. The lowest BCUT2D eigenvalue weighted by atomic mass is 9.95. The highest BCUT2D eigenvalue weighted by Crippen LogP contribution is 2.15. The lowest BCUT2D eigenvalue weighted by Crippen LogP contribution is -2.29. The van der Waals surface area contributed by atoms with Crippen LogP contribution in [-0.2, 0) is 4.74 Å². The predicted octanol–water partition coefficient (Wildman–Crippen LogP) is 2.12. The van der Waals surface area contributed by atoms with E-state index in [-0.39, 0.29) is 12.4 Å². The molecule has 1 aliphatic heterocycles. The Labute approximate surface area is 112 Å². The average Bonchev–Trinajstić information content (AvgIpc) is 2.93. The van der Waals surface area contributed by atoms with Crippen molar-refractivity contribution in [2.75, 3.05) is 26.3 Å². The molecule has 0 radical (unpaired) electrons. The molecule has 1 fully saturated rings. The molecule has 5 heteroatoms. The fourth-order valence-electron chi connectivity index (χ4n) is 2.23. The zero-order valence-electron chi connectivity index (χ0n) is 10.6. The van der Waals surface area contributed by atoms with Crippen molar-refractivity contribution >= 4 is 17.1 Å². The van der Waals surface area contributed by atoms with Crippen LogP contribution in [0.3, 0.4) is 0 Å². The van der Waals surface area contributed by atoms with Gasteiger partial charge in [0.05, 0.1) is 0 Å². The van der Waals surface area contributed by atoms with E-state index in [0.29, 0.717) is 11.6 Å². The highest BCUT2D eigenvalue weighted by atomic mass is 32.1. The van der Waals surface area contributed by atoms with Gasteiger partial charge in [0.25, 0.3) is 0 Å². The van der Waals surface area contributed by atoms with Crippen molar-refractivity contribution in [1.82, 2.24) is 10.3 Å². The number of hydrogen-bond acceptors (Lipinski definition) is 5. The molecule has 0 saturated carbocycles. The quantitative estimate of drug-likeness (QED) is 0.608. The Morgan fingerprint density at radius 2 is 2.56 bits per heavy atom. The third kappa shape index (κ3) is 4.48. The number of rotatable bonds is 7. The van der Waals surface area contributed by atoms with Crippen LogP contribution in [0.25, 0.3) is 0 Å². The van der Waals surface area contributed by atoms with Gasteiger partial charge in [-0.25, -0.2) is 4.98 Å². The first-order valence-corrected chi connectivity index (χ1v) is 7.45. The summed E-state index contributed by atoms with van der Waals surface area (Å²) in [6.07, 6.45) is 6.49. The SMILES string of the molecule is O=C(COCCCC1CCCNC1)c1nccs1. The van der Waals surface area contributed by atoms with E-state index >= 15 is 0 Å². The second kappa shape index (κ2) is 7.61. The molecule has 1 aliphatic rings. The van der Waals surface area contributed by atoms with Crippen molar-refractivity contribution in [2.24, 2.45) is 5.92 Å². The topological polar surface area (TPSA) is 51.2 Å². The number of thiazole rings is 1. The summed E-state index contributed by atoms with van der Waals surface area (Å²) in [5.74, 6) is 0.779. The fraction of sp³-hybridized carbons (Fsp3) is 0.692. The van der Waals surface area contributed by atoms with Gasteiger partial charge in [-0.05, 0) is 44.7 Å². The zero-order valence-corrected chi connectivity index (χ0v) is 11.4. The molecule has 1 atom stereocenters. The number of carbonyl (C=O) groups is 1. The van der Waals surface area contributed by atoms with E-state index in [1.165, 1.54) is 30.6 Å². The summed E-state index contributed by atoms with van der Waals surface area (Å²) in [5, 5.41) is 5.77. The van der Waals surface area contributed by atoms with Gasteiger partial charge in [0, 0.05) is 18.2 Å². The molecule has 2 rings (SSSR count). The van der Waals surface area contributed by atoms with Gasteiger partial charge >= 0.3 is 0 Å². The number of nitrogens with zero attached hydrogens (tertiary/aromatic N) is 1. The monoisotopic (exact) mass is 268 g/mol. The number of aromatic nitrogens is 1. The molecular formula is C13H20N2O2S. The Hall–Kier alpha value is -0.780. The molecular weight excluding hydrogens is 248 g/mol. The Morgan fingerprint density at radius 3 is 3.28 bits per heavy atom. The van der Waals surface area contributed by atoms with Crippen LogP contribution in [0.2, 0.25) is 0 Å². The standard InChI is InChI=1S/C13H20N2O2S/c16-12(13-15-6-8-18-13)10-17-7-2-4-11-3-1-5-14-9-11/h6,8,11,14H,1-5,7,9-10H2. The Morgan fingerprint density at radius 1 is 1.61 bits per heavy atom. The molecule has 1 aromatic rings. The maximum atomic E-state index is 11.6. The van der Waals surface area contributed by atoms with Crippen molar-refractivity contribution in [3.8, 4) is 0 Å². The molecule has 18 heavy (non-hydrogen) atoms. The first-order chi connectivity index (χ1) is 8.86. The smallest absolute Gasteiger partial charge is 0.216 e. The highest BCUT2D eigenvalue weighted by Gasteiger charge is 2.12. The zero-order chi connectivity index (χ0) is 12.6. The van der Waals surface area contributed by atoms with Gasteiger partial charge in [0.15, 0.2) is 5.01 Å². The summed E-state index contributed by atoms with van der Waals surface area (Å²) >= 11 is 1.37. The molecule has 1 unspecified atom stereocenters. The second-order valence-electron chi connectivity index (χ2n) is 4.67. The largest absolute Gasteiger partial charge is 0.373 e. The van der Waals surface area contributed by atoms with Crippen LogP contribution in [0.5, 0.6) is 0 Å². The summed E-state index contributed by atoms with van der Waals surface area (Å²) in [7, 11) is 0. The van der Waals surface area contributed by atoms with Crippen LogP contribution in [-0.4, -0.2) is 37.1 Å². The summed E-state index contributed by atoms with van der Waals surface area (Å²) in [4.78, 5) is 15.6. The molecule has 0 aliphatic carbocycles. The molecule has 0 amide bonds. The van der Waals surface area contributed by atoms with Crippen LogP contribution in [0.4, 0.5) is 0 Å². The molecule has 1 N–H and O–H groups in total. The van der Waals surface area contributed by atoms with Crippen LogP contribution in [0.1, 0.15) is 35.5 Å². The summed E-state index contributed by atoms with van der Waals surface area (Å²) in [5.41, 5.74) is 0. The van der Waals surface area contributed by atoms with Crippen molar-refractivity contribution in [2.45, 2.75) is 25.7 Å². The van der Waals surface area contributed by atoms with E-state index < -0.39 is 0 Å². The van der Waals surface area contributed by atoms with E-state index in [0.717, 1.165) is 25.4 Å². The number of hydrogen-bond donors (Lipinski definition) is 1. The summed E-state index contributed by atoms with van der Waals surface area (Å²) in [6.45, 7) is 3.14. The molecule has 0 aromatic carbocycles. The van der Waals surface area contributed by atoms with E-state index in [9.17, 15) is 4.79 Å². The Kier molecular flexibility index (Phi) is 5.77. The van der Waals surface area contributed by atoms with Crippen LogP contribution >= 0.6 is 11.3 Å². The van der Waals surface area contributed by atoms with Crippen molar-refractivity contribution in [3.63, 3.8) is 0 Å². The fourth-order valence-corrected chi connectivity index (χ4v) is 2.79. The van der Waals surface area contributed by atoms with Crippen LogP contribution < -0.4 is 5.32 Å². The number of Topliss-reactive ketones (excluding diaryl/α,β-unsaturated/α-hetero) is 1. The van der Waals surface area contributed by atoms with Gasteiger partial charge in [-0.15, -0.1) is 11.3 Å². The molecule has 100 valence electrons. The number of nitrogens with one attached hydrogen (secondary N) is 1. The molecule has 4 nitrogen and oxygen atoms in total. The number of ketones is 1. The minimum atomic E-state index is -0.00988. The van der Waals surface area contributed by atoms with E-state index in [1.807, 2.05) is 5.38 Å². The average molecular weight is 268 g/mol. The lowest BCUT2D eigenvalue weighted by Gasteiger charge is -2.22.